The van der Waals surface area contributed by atoms with Gasteiger partial charge in [0.25, 0.3) is 0 Å². The maximum absolute atomic E-state index is 12.1. The van der Waals surface area contributed by atoms with Crippen molar-refractivity contribution in [2.45, 2.75) is 110 Å². The topological polar surface area (TPSA) is 117 Å². The molecule has 0 heterocycles. The van der Waals surface area contributed by atoms with E-state index in [2.05, 4.69) is 62.5 Å². The highest BCUT2D eigenvalue weighted by atomic mass is 31.2. The number of phosphoric ester groups is 1. The molecule has 2 atom stereocenters. The number of allylic oxidation sites excluding steroid dienone is 8. The summed E-state index contributed by atoms with van der Waals surface area (Å²) >= 11 is 0. The molecule has 0 aromatic carbocycles. The fourth-order valence-electron chi connectivity index (χ4n) is 3.57. The van der Waals surface area contributed by atoms with Crippen LogP contribution in [0.15, 0.2) is 48.6 Å². The molecule has 0 spiro atoms. The van der Waals surface area contributed by atoms with Crippen LogP contribution in [-0.2, 0) is 27.9 Å². The van der Waals surface area contributed by atoms with E-state index in [1.165, 1.54) is 12.8 Å². The third-order valence-electron chi connectivity index (χ3n) is 5.76. The zero-order valence-corrected chi connectivity index (χ0v) is 25.9. The molecule has 0 aliphatic carbocycles. The Bertz CT molecular complexity index is 752. The summed E-state index contributed by atoms with van der Waals surface area (Å²) in [4.78, 5) is 21.8. The zero-order chi connectivity index (χ0) is 29.6. The van der Waals surface area contributed by atoms with Crippen molar-refractivity contribution in [3.05, 3.63) is 48.6 Å². The van der Waals surface area contributed by atoms with Crippen LogP contribution in [0.25, 0.3) is 0 Å². The molecule has 0 saturated carbocycles. The number of unbranched alkanes of at least 4 members (excludes halogenated alkanes) is 7. The molecule has 40 heavy (non-hydrogen) atoms. The first kappa shape index (κ1) is 38.5. The molecule has 0 aliphatic heterocycles. The predicted octanol–water partition coefficient (Wildman–Crippen LogP) is 7.73. The third-order valence-corrected chi connectivity index (χ3v) is 6.74. The van der Waals surface area contributed by atoms with E-state index < -0.39 is 13.9 Å². The summed E-state index contributed by atoms with van der Waals surface area (Å²) in [5, 5.41) is 0. The highest BCUT2D eigenvalue weighted by Crippen LogP contribution is 2.43. The van der Waals surface area contributed by atoms with Crippen LogP contribution in [0.5, 0.6) is 0 Å². The molecule has 0 rings (SSSR count). The number of carbonyl (C=O) groups excluding carboxylic acids is 1. The van der Waals surface area contributed by atoms with Gasteiger partial charge in [0.15, 0.2) is 0 Å². The first-order valence-electron chi connectivity index (χ1n) is 15.1. The summed E-state index contributed by atoms with van der Waals surface area (Å²) in [6.07, 6.45) is 30.6. The lowest BCUT2D eigenvalue weighted by Crippen LogP contribution is -2.28. The van der Waals surface area contributed by atoms with Crippen molar-refractivity contribution in [3.8, 4) is 0 Å². The molecule has 0 aliphatic rings. The Kier molecular flexibility index (Phi) is 27.9. The standard InChI is InChI=1S/C31H56NO7P/c1-3-5-7-8-9-10-11-12-13-14-15-16-17-18-19-20-21-23-26-36-28-30(39-31(33)24-22-6-4-2)29-38-40(34,35)37-27-25-32/h5,7,9-10,12-13,15-16,30H,3-4,6,8,11,14,17-29,32H2,1-2H3,(H,34,35)/b7-5-,10-9-,13-12-,16-15-. The maximum Gasteiger partial charge on any atom is 0.472 e. The number of phosphoric acid groups is 1. The summed E-state index contributed by atoms with van der Waals surface area (Å²) in [5.74, 6) is -0.366. The van der Waals surface area contributed by atoms with E-state index >= 15 is 0 Å². The first-order valence-corrected chi connectivity index (χ1v) is 16.6. The van der Waals surface area contributed by atoms with Crippen LogP contribution < -0.4 is 5.73 Å². The van der Waals surface area contributed by atoms with Gasteiger partial charge in [0.05, 0.1) is 19.8 Å². The SMILES string of the molecule is CC/C=C\C/C=C\C/C=C\C/C=C\CCCCCCCOCC(COP(=O)(O)OCCN)OC(=O)CCCCC. The molecule has 232 valence electrons. The summed E-state index contributed by atoms with van der Waals surface area (Å²) in [7, 11) is -4.25. The number of hydrogen-bond donors (Lipinski definition) is 2. The van der Waals surface area contributed by atoms with E-state index in [-0.39, 0.29) is 32.3 Å². The number of rotatable bonds is 28. The highest BCUT2D eigenvalue weighted by molar-refractivity contribution is 7.47. The van der Waals surface area contributed by atoms with Crippen LogP contribution in [0.4, 0.5) is 0 Å². The molecule has 8 nitrogen and oxygen atoms in total. The van der Waals surface area contributed by atoms with Crippen LogP contribution in [0.3, 0.4) is 0 Å². The average Bonchev–Trinajstić information content (AvgIpc) is 2.93. The fourth-order valence-corrected chi connectivity index (χ4v) is 4.34. The Morgan fingerprint density at radius 2 is 1.40 bits per heavy atom. The summed E-state index contributed by atoms with van der Waals surface area (Å²) in [6.45, 7) is 4.54. The van der Waals surface area contributed by atoms with E-state index in [0.29, 0.717) is 13.0 Å². The monoisotopic (exact) mass is 585 g/mol. The molecule has 2 unspecified atom stereocenters. The van der Waals surface area contributed by atoms with Crippen molar-refractivity contribution in [3.63, 3.8) is 0 Å². The highest BCUT2D eigenvalue weighted by Gasteiger charge is 2.25. The lowest BCUT2D eigenvalue weighted by atomic mass is 10.1. The Morgan fingerprint density at radius 1 is 0.775 bits per heavy atom. The Labute approximate surface area is 243 Å². The lowest BCUT2D eigenvalue weighted by Gasteiger charge is -2.20. The number of ether oxygens (including phenoxy) is 2. The molecule has 0 amide bonds. The van der Waals surface area contributed by atoms with Crippen molar-refractivity contribution in [2.24, 2.45) is 5.73 Å². The van der Waals surface area contributed by atoms with E-state index in [1.54, 1.807) is 0 Å². The smallest absolute Gasteiger partial charge is 0.457 e. The second-order valence-corrected chi connectivity index (χ2v) is 11.0. The molecule has 0 saturated heterocycles. The minimum atomic E-state index is -4.25. The van der Waals surface area contributed by atoms with Gasteiger partial charge in [-0.2, -0.15) is 0 Å². The van der Waals surface area contributed by atoms with Gasteiger partial charge in [-0.05, 0) is 51.4 Å². The number of carbonyl (C=O) groups is 1. The Morgan fingerprint density at radius 3 is 2.05 bits per heavy atom. The van der Waals surface area contributed by atoms with Crippen molar-refractivity contribution in [2.75, 3.05) is 33.0 Å². The molecule has 0 aromatic rings. The lowest BCUT2D eigenvalue weighted by molar-refractivity contribution is -0.154. The maximum atomic E-state index is 12.1. The minimum Gasteiger partial charge on any atom is -0.457 e. The van der Waals surface area contributed by atoms with Gasteiger partial charge in [-0.1, -0.05) is 94.6 Å². The molecule has 3 N–H and O–H groups in total. The summed E-state index contributed by atoms with van der Waals surface area (Å²) in [5.41, 5.74) is 5.29. The van der Waals surface area contributed by atoms with Crippen molar-refractivity contribution >= 4 is 13.8 Å². The summed E-state index contributed by atoms with van der Waals surface area (Å²) < 4.78 is 32.7. The predicted molar refractivity (Wildman–Crippen MR) is 164 cm³/mol. The van der Waals surface area contributed by atoms with E-state index in [0.717, 1.165) is 70.6 Å². The van der Waals surface area contributed by atoms with Crippen LogP contribution in [0.1, 0.15) is 104 Å². The largest absolute Gasteiger partial charge is 0.472 e. The third kappa shape index (κ3) is 28.0. The molecule has 0 fully saturated rings. The van der Waals surface area contributed by atoms with Crippen LogP contribution in [0, 0.1) is 0 Å². The number of hydrogen-bond acceptors (Lipinski definition) is 7. The fraction of sp³-hybridized carbons (Fsp3) is 0.710. The zero-order valence-electron chi connectivity index (χ0n) is 25.1. The van der Waals surface area contributed by atoms with Gasteiger partial charge in [-0.25, -0.2) is 4.57 Å². The van der Waals surface area contributed by atoms with Gasteiger partial charge in [-0.3, -0.25) is 13.8 Å². The minimum absolute atomic E-state index is 0.0945. The second kappa shape index (κ2) is 29.0. The van der Waals surface area contributed by atoms with Gasteiger partial charge < -0.3 is 20.1 Å². The van der Waals surface area contributed by atoms with Gasteiger partial charge in [0.1, 0.15) is 6.10 Å². The normalized spacial score (nSPS) is 14.6. The van der Waals surface area contributed by atoms with Gasteiger partial charge in [-0.15, -0.1) is 0 Å². The quantitative estimate of drug-likeness (QED) is 0.0414. The van der Waals surface area contributed by atoms with Crippen LogP contribution in [-0.4, -0.2) is 49.9 Å². The summed E-state index contributed by atoms with van der Waals surface area (Å²) in [6, 6.07) is 0. The van der Waals surface area contributed by atoms with Gasteiger partial charge in [0.2, 0.25) is 0 Å². The Hall–Kier alpha value is -1.54. The van der Waals surface area contributed by atoms with Gasteiger partial charge in [0, 0.05) is 19.6 Å². The molecule has 0 aromatic heterocycles. The van der Waals surface area contributed by atoms with E-state index in [9.17, 15) is 14.3 Å². The van der Waals surface area contributed by atoms with Gasteiger partial charge >= 0.3 is 13.8 Å². The second-order valence-electron chi connectivity index (χ2n) is 9.59. The first-order chi connectivity index (χ1) is 19.4. The Balaban J connectivity index is 3.98. The number of esters is 1. The van der Waals surface area contributed by atoms with Crippen molar-refractivity contribution in [1.29, 1.82) is 0 Å². The molecular weight excluding hydrogens is 529 g/mol. The average molecular weight is 586 g/mol. The number of nitrogens with two attached hydrogens (primary N) is 1. The molecular formula is C31H56NO7P. The molecule has 0 radical (unpaired) electrons. The van der Waals surface area contributed by atoms with Crippen LogP contribution in [0.2, 0.25) is 0 Å². The van der Waals surface area contributed by atoms with Crippen molar-refractivity contribution in [1.82, 2.24) is 0 Å². The van der Waals surface area contributed by atoms with Crippen molar-refractivity contribution < 1.29 is 32.8 Å². The molecule has 0 bridgehead atoms. The van der Waals surface area contributed by atoms with E-state index in [4.69, 9.17) is 24.3 Å². The van der Waals surface area contributed by atoms with E-state index in [1.807, 2.05) is 0 Å². The molecule has 9 heteroatoms. The van der Waals surface area contributed by atoms with Crippen LogP contribution >= 0.6 is 7.82 Å².